The van der Waals surface area contributed by atoms with Gasteiger partial charge in [0, 0.05) is 33.3 Å². The molecule has 1 N–H and O–H groups in total. The molecule has 4 rings (SSSR count). The lowest BCUT2D eigenvalue weighted by Gasteiger charge is -2.43. The fourth-order valence-corrected chi connectivity index (χ4v) is 4.95. The Morgan fingerprint density at radius 1 is 0.911 bits per heavy atom. The predicted octanol–water partition coefficient (Wildman–Crippen LogP) is 1.80. The summed E-state index contributed by atoms with van der Waals surface area (Å²) >= 11 is 0. The van der Waals surface area contributed by atoms with E-state index in [0.717, 1.165) is 19.4 Å². The maximum atomic E-state index is 13.6. The van der Waals surface area contributed by atoms with E-state index in [1.165, 1.54) is 18.7 Å². The molecule has 2 aliphatic heterocycles. The van der Waals surface area contributed by atoms with Crippen LogP contribution in [0.15, 0.2) is 53.7 Å². The Labute approximate surface area is 259 Å². The van der Waals surface area contributed by atoms with Crippen LogP contribution >= 0.6 is 0 Å². The van der Waals surface area contributed by atoms with Gasteiger partial charge in [-0.15, -0.1) is 0 Å². The van der Waals surface area contributed by atoms with Crippen molar-refractivity contribution in [2.45, 2.75) is 65.3 Å². The van der Waals surface area contributed by atoms with Gasteiger partial charge in [0.25, 0.3) is 12.2 Å². The maximum Gasteiger partial charge on any atom is 0.303 e. The fourth-order valence-electron chi connectivity index (χ4n) is 4.95. The van der Waals surface area contributed by atoms with Crippen LogP contribution in [0.4, 0.5) is 5.69 Å². The lowest BCUT2D eigenvalue weighted by molar-refractivity contribution is -0.278. The first-order chi connectivity index (χ1) is 21.4. The van der Waals surface area contributed by atoms with Gasteiger partial charge in [0.15, 0.2) is 17.9 Å². The number of rotatable bonds is 11. The van der Waals surface area contributed by atoms with E-state index >= 15 is 0 Å². The summed E-state index contributed by atoms with van der Waals surface area (Å²) in [5.74, 6) is -2.51. The molecule has 2 aromatic rings. The van der Waals surface area contributed by atoms with Gasteiger partial charge in [0.2, 0.25) is 5.91 Å². The Balaban J connectivity index is 1.61. The second kappa shape index (κ2) is 14.7. The first-order valence-corrected chi connectivity index (χ1v) is 14.2. The van der Waals surface area contributed by atoms with Crippen LogP contribution in [-0.4, -0.2) is 85.8 Å². The van der Waals surface area contributed by atoms with Crippen molar-refractivity contribution in [2.24, 2.45) is 5.16 Å². The minimum absolute atomic E-state index is 0.0474. The van der Waals surface area contributed by atoms with Gasteiger partial charge < -0.3 is 38.7 Å². The van der Waals surface area contributed by atoms with Gasteiger partial charge in [-0.1, -0.05) is 41.1 Å². The molecule has 0 radical (unpaired) electrons. The molecule has 1 saturated heterocycles. The van der Waals surface area contributed by atoms with Crippen LogP contribution in [0.3, 0.4) is 0 Å². The lowest BCUT2D eigenvalue weighted by atomic mass is 9.96. The van der Waals surface area contributed by atoms with Crippen molar-refractivity contribution in [1.82, 2.24) is 5.32 Å². The number of carbonyl (C=O) groups excluding carboxylic acids is 5. The van der Waals surface area contributed by atoms with E-state index in [9.17, 15) is 24.0 Å². The van der Waals surface area contributed by atoms with Crippen LogP contribution in [0.5, 0.6) is 5.75 Å². The molecule has 14 nitrogen and oxygen atoms in total. The summed E-state index contributed by atoms with van der Waals surface area (Å²) in [6, 6.07) is 13.3. The predicted molar refractivity (Wildman–Crippen MR) is 157 cm³/mol. The average molecular weight is 626 g/mol. The van der Waals surface area contributed by atoms with Crippen molar-refractivity contribution >= 4 is 41.1 Å². The van der Waals surface area contributed by atoms with Crippen LogP contribution in [0, 0.1) is 6.92 Å². The second-order valence-corrected chi connectivity index (χ2v) is 10.4. The Kier molecular flexibility index (Phi) is 10.7. The van der Waals surface area contributed by atoms with Crippen LogP contribution < -0.4 is 15.0 Å². The van der Waals surface area contributed by atoms with Gasteiger partial charge in [-0.05, 0) is 25.1 Å². The highest BCUT2D eigenvalue weighted by Crippen LogP contribution is 2.31. The molecule has 2 aliphatic rings. The quantitative estimate of drug-likeness (QED) is 0.220. The van der Waals surface area contributed by atoms with E-state index in [2.05, 4.69) is 10.5 Å². The van der Waals surface area contributed by atoms with E-state index in [-0.39, 0.29) is 18.9 Å². The van der Waals surface area contributed by atoms with E-state index in [1.807, 2.05) is 31.2 Å². The molecule has 1 fully saturated rings. The molecule has 240 valence electrons. The summed E-state index contributed by atoms with van der Waals surface area (Å²) < 4.78 is 27.8. The Morgan fingerprint density at radius 2 is 1.58 bits per heavy atom. The molecule has 14 heteroatoms. The molecule has 45 heavy (non-hydrogen) atoms. The number of hydrogen-bond acceptors (Lipinski definition) is 12. The minimum atomic E-state index is -1.48. The van der Waals surface area contributed by atoms with Crippen molar-refractivity contribution in [3.8, 4) is 5.75 Å². The number of para-hydroxylation sites is 1. The number of carbonyl (C=O) groups is 5. The third-order valence-electron chi connectivity index (χ3n) is 6.82. The maximum absolute atomic E-state index is 13.6. The van der Waals surface area contributed by atoms with Crippen LogP contribution in [0.2, 0.25) is 0 Å². The van der Waals surface area contributed by atoms with Gasteiger partial charge in [-0.3, -0.25) is 24.0 Å². The van der Waals surface area contributed by atoms with Crippen molar-refractivity contribution in [3.63, 3.8) is 0 Å². The van der Waals surface area contributed by atoms with Crippen molar-refractivity contribution in [2.75, 3.05) is 24.7 Å². The highest BCUT2D eigenvalue weighted by molar-refractivity contribution is 6.54. The molecule has 5 atom stereocenters. The number of ether oxygens (including phenoxy) is 5. The molecule has 0 saturated carbocycles. The van der Waals surface area contributed by atoms with Crippen molar-refractivity contribution < 1.29 is 52.5 Å². The number of nitrogens with zero attached hydrogens (tertiary/aromatic N) is 2. The zero-order chi connectivity index (χ0) is 32.7. The SMILES string of the molecule is CC(=O)N[C@@H]1[C@H](O/N=C2\C(=O)N(CCOc3ccc(C)cc3)c3ccccc32)O[C@H](COC(C)=O)[C@@H](OC(C)=O)[C@H]1OC(C)=O. The number of hydrogen-bond donors (Lipinski definition) is 1. The molecule has 0 spiro atoms. The molecule has 0 aliphatic carbocycles. The van der Waals surface area contributed by atoms with E-state index in [4.69, 9.17) is 28.5 Å². The Hall–Kier alpha value is -4.98. The van der Waals surface area contributed by atoms with Crippen LogP contribution in [-0.2, 0) is 47.8 Å². The fraction of sp³-hybridized carbons (Fsp3) is 0.419. The van der Waals surface area contributed by atoms with E-state index in [0.29, 0.717) is 17.0 Å². The zero-order valence-electron chi connectivity index (χ0n) is 25.5. The molecule has 0 unspecified atom stereocenters. The van der Waals surface area contributed by atoms with Crippen LogP contribution in [0.1, 0.15) is 38.8 Å². The number of amides is 2. The minimum Gasteiger partial charge on any atom is -0.492 e. The molecule has 2 heterocycles. The van der Waals surface area contributed by atoms with Gasteiger partial charge >= 0.3 is 17.9 Å². The third-order valence-corrected chi connectivity index (χ3v) is 6.82. The number of oxime groups is 1. The van der Waals surface area contributed by atoms with Gasteiger partial charge in [0.1, 0.15) is 31.1 Å². The summed E-state index contributed by atoms with van der Waals surface area (Å²) in [4.78, 5) is 68.7. The van der Waals surface area contributed by atoms with Gasteiger partial charge in [-0.25, -0.2) is 0 Å². The van der Waals surface area contributed by atoms with Crippen molar-refractivity contribution in [1.29, 1.82) is 0 Å². The smallest absolute Gasteiger partial charge is 0.303 e. The topological polar surface area (TPSA) is 168 Å². The second-order valence-electron chi connectivity index (χ2n) is 10.4. The zero-order valence-corrected chi connectivity index (χ0v) is 25.5. The number of benzene rings is 2. The van der Waals surface area contributed by atoms with E-state index < -0.39 is 67.0 Å². The molecular formula is C31H35N3O11. The number of nitrogens with one attached hydrogen (secondary N) is 1. The molecule has 0 aromatic heterocycles. The third kappa shape index (κ3) is 8.35. The largest absolute Gasteiger partial charge is 0.492 e. The molecular weight excluding hydrogens is 590 g/mol. The number of anilines is 1. The summed E-state index contributed by atoms with van der Waals surface area (Å²) in [5, 5.41) is 6.73. The highest BCUT2D eigenvalue weighted by Gasteiger charge is 2.52. The van der Waals surface area contributed by atoms with Crippen molar-refractivity contribution in [3.05, 3.63) is 59.7 Å². The van der Waals surface area contributed by atoms with Crippen LogP contribution in [0.25, 0.3) is 0 Å². The first kappa shape index (κ1) is 32.9. The Morgan fingerprint density at radius 3 is 2.22 bits per heavy atom. The molecule has 2 aromatic carbocycles. The summed E-state index contributed by atoms with van der Waals surface area (Å²) in [5.41, 5.74) is 2.11. The Bertz CT molecular complexity index is 1460. The summed E-state index contributed by atoms with van der Waals surface area (Å²) in [6.45, 7) is 6.63. The van der Waals surface area contributed by atoms with Gasteiger partial charge in [0.05, 0.1) is 12.2 Å². The monoisotopic (exact) mass is 625 g/mol. The first-order valence-electron chi connectivity index (χ1n) is 14.2. The van der Waals surface area contributed by atoms with Gasteiger partial charge in [-0.2, -0.15) is 0 Å². The number of esters is 3. The number of fused-ring (bicyclic) bond motifs is 1. The lowest BCUT2D eigenvalue weighted by Crippen LogP contribution is -2.66. The normalized spacial score (nSPS) is 23.1. The van der Waals surface area contributed by atoms with E-state index in [1.54, 1.807) is 24.3 Å². The molecule has 2 amide bonds. The average Bonchev–Trinajstić information content (AvgIpc) is 3.24. The summed E-state index contributed by atoms with van der Waals surface area (Å²) in [6.07, 6.45) is -5.30. The number of aryl methyl sites for hydroxylation is 1. The summed E-state index contributed by atoms with van der Waals surface area (Å²) in [7, 11) is 0. The highest BCUT2D eigenvalue weighted by atomic mass is 16.8. The standard InChI is InChI=1S/C31H35N3O11/c1-17-10-12-22(13-11-17)40-15-14-34-24-9-7-6-8-23(24)26(30(34)39)33-45-31-27(32-18(2)35)29(43-21(5)38)28(42-20(4)37)25(44-31)16-41-19(3)36/h6-13,25,27-29,31H,14-16H2,1-5H3,(H,32,35)/b33-26-/t25-,27+,28-,29+,31+/m1/s1. The molecule has 0 bridgehead atoms.